The summed E-state index contributed by atoms with van der Waals surface area (Å²) in [5.41, 5.74) is 1.29. The number of aromatic nitrogens is 2. The molecule has 0 fully saturated rings. The molecule has 202 valence electrons. The quantitative estimate of drug-likeness (QED) is 0.135. The number of hydrogen-bond acceptors (Lipinski definition) is 9. The zero-order valence-corrected chi connectivity index (χ0v) is 23.3. The Balaban J connectivity index is 0.000000271. The minimum Gasteiger partial charge on any atom is -0.483 e. The van der Waals surface area contributed by atoms with Gasteiger partial charge in [0.1, 0.15) is 11.9 Å². The topological polar surface area (TPSA) is 123 Å². The third-order valence-corrected chi connectivity index (χ3v) is 7.15. The number of ether oxygens (including phenoxy) is 3. The number of imidazole rings is 1. The van der Waals surface area contributed by atoms with E-state index in [-0.39, 0.29) is 23.6 Å². The molecule has 0 N–H and O–H groups in total. The van der Waals surface area contributed by atoms with Crippen molar-refractivity contribution in [3.8, 4) is 5.75 Å². The third kappa shape index (κ3) is 10.2. The molecule has 0 atom stereocenters. The van der Waals surface area contributed by atoms with Crippen LogP contribution in [-0.2, 0) is 33.0 Å². The summed E-state index contributed by atoms with van der Waals surface area (Å²) in [7, 11) is -1.72. The molecule has 0 unspecified atom stereocenters. The number of rotatable bonds is 12. The minimum atomic E-state index is -3.25. The van der Waals surface area contributed by atoms with E-state index in [9.17, 15) is 18.5 Å². The average molecular weight is 552 g/mol. The van der Waals surface area contributed by atoms with Gasteiger partial charge >= 0.3 is 5.82 Å². The second kappa shape index (κ2) is 14.7. The molecule has 0 bridgehead atoms. The van der Waals surface area contributed by atoms with E-state index in [1.165, 1.54) is 46.3 Å². The van der Waals surface area contributed by atoms with Gasteiger partial charge in [0, 0.05) is 30.1 Å². The van der Waals surface area contributed by atoms with Crippen LogP contribution in [0.3, 0.4) is 0 Å². The lowest BCUT2D eigenvalue weighted by Gasteiger charge is -2.16. The molecule has 10 nitrogen and oxygen atoms in total. The van der Waals surface area contributed by atoms with Crippen molar-refractivity contribution in [3.05, 3.63) is 76.2 Å². The Hall–Kier alpha value is -2.93. The smallest absolute Gasteiger partial charge is 0.342 e. The number of nitro groups is 1. The van der Waals surface area contributed by atoms with E-state index < -0.39 is 14.8 Å². The molecule has 0 spiro atoms. The maximum Gasteiger partial charge on any atom is 0.342 e. The van der Waals surface area contributed by atoms with Gasteiger partial charge in [-0.2, -0.15) is 0 Å². The molecular weight excluding hydrogens is 518 g/mol. The number of thioether (sulfide) groups is 1. The molecule has 0 saturated heterocycles. The number of nitrogens with zero attached hydrogens (tertiary/aromatic N) is 3. The van der Waals surface area contributed by atoms with Crippen molar-refractivity contribution in [1.29, 1.82) is 0 Å². The van der Waals surface area contributed by atoms with Crippen LogP contribution in [0.1, 0.15) is 25.2 Å². The molecule has 0 aliphatic heterocycles. The first-order valence-electron chi connectivity index (χ1n) is 11.6. The molecule has 1 heterocycles. The van der Waals surface area contributed by atoms with Crippen LogP contribution in [0.4, 0.5) is 5.82 Å². The SMILES string of the molecule is CCOC(CSc1ccc(C)cc1)OCC.Cn1c([N+](=O)[O-])cnc1COc1ccc(S(C)(=O)=O)cc1. The number of benzene rings is 2. The van der Waals surface area contributed by atoms with Gasteiger partial charge in [-0.15, -0.1) is 11.8 Å². The van der Waals surface area contributed by atoms with Crippen LogP contribution in [-0.4, -0.2) is 54.4 Å². The highest BCUT2D eigenvalue weighted by Gasteiger charge is 2.17. The Morgan fingerprint density at radius 3 is 2.14 bits per heavy atom. The van der Waals surface area contributed by atoms with Crippen molar-refractivity contribution >= 4 is 27.4 Å². The lowest BCUT2D eigenvalue weighted by Crippen LogP contribution is -2.19. The predicted octanol–water partition coefficient (Wildman–Crippen LogP) is 4.80. The number of sulfone groups is 1. The summed E-state index contributed by atoms with van der Waals surface area (Å²) in [6, 6.07) is 14.4. The monoisotopic (exact) mass is 551 g/mol. The van der Waals surface area contributed by atoms with Gasteiger partial charge in [0.15, 0.2) is 22.7 Å². The summed E-state index contributed by atoms with van der Waals surface area (Å²) in [5.74, 6) is 1.56. The van der Waals surface area contributed by atoms with Gasteiger partial charge in [-0.25, -0.2) is 18.0 Å². The highest BCUT2D eigenvalue weighted by atomic mass is 32.2. The molecule has 0 aliphatic rings. The van der Waals surface area contributed by atoms with Gasteiger partial charge in [-0.3, -0.25) is 0 Å². The lowest BCUT2D eigenvalue weighted by atomic mass is 10.2. The Bertz CT molecular complexity index is 1220. The van der Waals surface area contributed by atoms with Crippen LogP contribution >= 0.6 is 11.8 Å². The van der Waals surface area contributed by atoms with Crippen LogP contribution in [0, 0.1) is 17.0 Å². The third-order valence-electron chi connectivity index (χ3n) is 4.98. The molecule has 37 heavy (non-hydrogen) atoms. The molecule has 0 aliphatic carbocycles. The van der Waals surface area contributed by atoms with Crippen molar-refractivity contribution in [2.45, 2.75) is 43.5 Å². The summed E-state index contributed by atoms with van der Waals surface area (Å²) in [4.78, 5) is 15.5. The standard InChI is InChI=1S/C13H20O2S.C12H13N3O5S/c1-4-14-13(15-5-2)10-16-12-8-6-11(3)7-9-12;1-14-11(13-7-12(14)15(16)17)8-20-9-3-5-10(6-4-9)21(2,18)19/h6-9,13H,4-5,10H2,1-3H3;3-7H,8H2,1-2H3. The summed E-state index contributed by atoms with van der Waals surface area (Å²) in [6.07, 6.45) is 2.18. The highest BCUT2D eigenvalue weighted by Crippen LogP contribution is 2.21. The molecule has 0 amide bonds. The molecule has 0 saturated carbocycles. The lowest BCUT2D eigenvalue weighted by molar-refractivity contribution is -0.391. The number of hydrogen-bond donors (Lipinski definition) is 0. The fraction of sp³-hybridized carbons (Fsp3) is 0.400. The van der Waals surface area contributed by atoms with Gasteiger partial charge in [0.25, 0.3) is 0 Å². The van der Waals surface area contributed by atoms with Crippen LogP contribution in [0.25, 0.3) is 0 Å². The molecule has 3 aromatic rings. The molecule has 3 rings (SSSR count). The molecule has 2 aromatic carbocycles. The van der Waals surface area contributed by atoms with Crippen LogP contribution in [0.2, 0.25) is 0 Å². The van der Waals surface area contributed by atoms with Crippen molar-refractivity contribution in [2.24, 2.45) is 7.05 Å². The summed E-state index contributed by atoms with van der Waals surface area (Å²) in [6.45, 7) is 7.50. The largest absolute Gasteiger partial charge is 0.483 e. The summed E-state index contributed by atoms with van der Waals surface area (Å²) in [5, 5.41) is 10.7. The Morgan fingerprint density at radius 1 is 1.05 bits per heavy atom. The Morgan fingerprint density at radius 2 is 1.65 bits per heavy atom. The normalized spacial score (nSPS) is 11.2. The molecule has 0 radical (unpaired) electrons. The molecule has 1 aromatic heterocycles. The second-order valence-corrected chi connectivity index (χ2v) is 11.0. The molecule has 12 heteroatoms. The summed E-state index contributed by atoms with van der Waals surface area (Å²) < 4.78 is 40.4. The predicted molar refractivity (Wildman–Crippen MR) is 143 cm³/mol. The first-order valence-corrected chi connectivity index (χ1v) is 14.4. The van der Waals surface area contributed by atoms with Gasteiger partial charge < -0.3 is 24.3 Å². The van der Waals surface area contributed by atoms with Crippen molar-refractivity contribution in [3.63, 3.8) is 0 Å². The summed E-state index contributed by atoms with van der Waals surface area (Å²) >= 11 is 1.77. The molecular formula is C25H33N3O7S2. The van der Waals surface area contributed by atoms with E-state index in [4.69, 9.17) is 14.2 Å². The fourth-order valence-electron chi connectivity index (χ4n) is 2.99. The van der Waals surface area contributed by atoms with Gasteiger partial charge in [0.05, 0.1) is 11.9 Å². The highest BCUT2D eigenvalue weighted by molar-refractivity contribution is 7.99. The maximum absolute atomic E-state index is 11.3. The van der Waals surface area contributed by atoms with E-state index in [0.29, 0.717) is 24.8 Å². The van der Waals surface area contributed by atoms with Gasteiger partial charge in [0.2, 0.25) is 5.82 Å². The Kier molecular flexibility index (Phi) is 12.1. The van der Waals surface area contributed by atoms with E-state index in [2.05, 4.69) is 36.2 Å². The van der Waals surface area contributed by atoms with Crippen LogP contribution in [0.15, 0.2) is 64.5 Å². The minimum absolute atomic E-state index is 0.0442. The maximum atomic E-state index is 11.3. The van der Waals surface area contributed by atoms with Crippen LogP contribution in [0.5, 0.6) is 5.75 Å². The first kappa shape index (κ1) is 30.3. The Labute approximate surface area is 222 Å². The van der Waals surface area contributed by atoms with Crippen LogP contribution < -0.4 is 4.74 Å². The zero-order chi connectivity index (χ0) is 27.4. The second-order valence-electron chi connectivity index (χ2n) is 7.85. The average Bonchev–Trinajstić information content (AvgIpc) is 3.23. The van der Waals surface area contributed by atoms with Crippen molar-refractivity contribution in [2.75, 3.05) is 25.2 Å². The fourth-order valence-corrected chi connectivity index (χ4v) is 4.47. The van der Waals surface area contributed by atoms with E-state index in [1.54, 1.807) is 11.8 Å². The van der Waals surface area contributed by atoms with E-state index >= 15 is 0 Å². The van der Waals surface area contributed by atoms with Gasteiger partial charge in [-0.05, 0) is 62.1 Å². The van der Waals surface area contributed by atoms with Crippen molar-refractivity contribution < 1.29 is 27.6 Å². The first-order chi connectivity index (χ1) is 17.5. The zero-order valence-electron chi connectivity index (χ0n) is 21.6. The van der Waals surface area contributed by atoms with Gasteiger partial charge in [-0.1, -0.05) is 17.7 Å². The van der Waals surface area contributed by atoms with E-state index in [1.807, 2.05) is 13.8 Å². The number of aryl methyl sites for hydroxylation is 1. The van der Waals surface area contributed by atoms with E-state index in [0.717, 1.165) is 18.2 Å². The van der Waals surface area contributed by atoms with Crippen molar-refractivity contribution in [1.82, 2.24) is 9.55 Å².